The lowest BCUT2D eigenvalue weighted by Crippen LogP contribution is -2.15. The standard InChI is InChI=1S/C112H68N10O4/c123-109-95-33-13-18-38-100(95)116-106-63-73(51-54-119(106)109)85-23-3-9-29-91(85)79-57-77(58-80(61-79)92-30-10-4-24-86(92)74-52-55-120-107(64-74)117-101-39-19-14-34-96(101)110(120)124)89-27-7-1-21-83(89)69-41-45-71(46-42-69)103-66-114-104(67-113-103)72-47-43-70(44-48-72)84-22-2-8-28-90(84)78-59-81(93-31-11-5-25-87(93)75-53-56-121-108(65-75)118-102-40-20-15-35-97(102)111(121)125)62-82(60-78)94-32-12-6-26-88(94)76-49-50-105-115-99-37-17-16-36-98(99)112(126)122(105)68-76/h1-68H. The van der Waals surface area contributed by atoms with Crippen molar-refractivity contribution in [2.24, 2.45) is 0 Å². The first-order valence-electron chi connectivity index (χ1n) is 41.6. The summed E-state index contributed by atoms with van der Waals surface area (Å²) < 4.78 is 6.48. The van der Waals surface area contributed by atoms with Crippen LogP contribution >= 0.6 is 0 Å². The maximum atomic E-state index is 14.2. The third-order valence-electron chi connectivity index (χ3n) is 24.3. The minimum Gasteiger partial charge on any atom is -0.268 e. The van der Waals surface area contributed by atoms with E-state index in [1.165, 1.54) is 0 Å². The molecule has 0 N–H and O–H groups in total. The van der Waals surface area contributed by atoms with E-state index in [2.05, 4.69) is 206 Å². The zero-order chi connectivity index (χ0) is 84.0. The molecular formula is C112H68N10O4. The molecule has 0 aliphatic heterocycles. The van der Waals surface area contributed by atoms with Crippen molar-refractivity contribution < 1.29 is 0 Å². The van der Waals surface area contributed by atoms with Crippen LogP contribution in [0.1, 0.15) is 0 Å². The summed E-state index contributed by atoms with van der Waals surface area (Å²) in [7, 11) is 0. The number of rotatable bonds is 14. The SMILES string of the molecule is O=c1c2ccccc2nc2cc(-c3ccccc3-c3cc(-c4ccccc4-c4ccc(-c5cnc(-c6ccc(-c7ccccc7-c7cc(-c8ccccc8-c8ccn9c(=O)c%10ccccc%10nc9c8)cc(-c8ccccc8-c8ccc9nc%10ccccc%10c(=O)n9c8)c7)cc6)cn5)cc4)cc(-c4ccccc4-c4ccn5c(=O)c6ccccc6nc5c4)c3)ccn12. The van der Waals surface area contributed by atoms with Crippen molar-refractivity contribution in [1.29, 1.82) is 0 Å². The van der Waals surface area contributed by atoms with Gasteiger partial charge in [0, 0.05) is 35.9 Å². The van der Waals surface area contributed by atoms with Crippen LogP contribution in [0.4, 0.5) is 0 Å². The van der Waals surface area contributed by atoms with Crippen LogP contribution in [0.2, 0.25) is 0 Å². The molecule has 0 saturated heterocycles. The van der Waals surface area contributed by atoms with Gasteiger partial charge in [0.05, 0.1) is 67.4 Å². The molecule has 14 nitrogen and oxygen atoms in total. The molecule has 0 fully saturated rings. The van der Waals surface area contributed by atoms with E-state index in [-0.39, 0.29) is 22.2 Å². The Morgan fingerprint density at radius 3 is 0.683 bits per heavy atom. The van der Waals surface area contributed by atoms with Gasteiger partial charge in [0.15, 0.2) is 0 Å². The van der Waals surface area contributed by atoms with E-state index < -0.39 is 0 Å². The molecule has 23 rings (SSSR count). The van der Waals surface area contributed by atoms with Gasteiger partial charge in [-0.3, -0.25) is 46.7 Å². The molecule has 0 amide bonds. The minimum atomic E-state index is -0.135. The second-order valence-electron chi connectivity index (χ2n) is 31.6. The summed E-state index contributed by atoms with van der Waals surface area (Å²) in [6.07, 6.45) is 11.1. The lowest BCUT2D eigenvalue weighted by atomic mass is 9.86. The number of pyridine rings is 4. The minimum absolute atomic E-state index is 0.123. The van der Waals surface area contributed by atoms with Gasteiger partial charge in [0.25, 0.3) is 22.2 Å². The van der Waals surface area contributed by atoms with Gasteiger partial charge in [-0.2, -0.15) is 0 Å². The maximum absolute atomic E-state index is 14.2. The quantitative estimate of drug-likeness (QED) is 0.0958. The molecule has 23 aromatic rings. The van der Waals surface area contributed by atoms with Gasteiger partial charge in [-0.25, -0.2) is 19.9 Å². The van der Waals surface area contributed by atoms with Crippen LogP contribution in [0, 0.1) is 0 Å². The highest BCUT2D eigenvalue weighted by molar-refractivity contribution is 5.99. The predicted molar refractivity (Wildman–Crippen MR) is 508 cm³/mol. The Bertz CT molecular complexity index is 8520. The first-order valence-corrected chi connectivity index (χ1v) is 41.6. The van der Waals surface area contributed by atoms with E-state index in [0.717, 1.165) is 156 Å². The third-order valence-corrected chi connectivity index (χ3v) is 24.3. The molecular weight excluding hydrogens is 1550 g/mol. The Morgan fingerprint density at radius 2 is 0.397 bits per heavy atom. The molecule has 0 spiro atoms. The number of hydrogen-bond donors (Lipinski definition) is 0. The van der Waals surface area contributed by atoms with E-state index in [0.29, 0.717) is 66.2 Å². The summed E-state index contributed by atoms with van der Waals surface area (Å²) in [6, 6.07) is 127. The normalized spacial score (nSPS) is 11.6. The summed E-state index contributed by atoms with van der Waals surface area (Å²) in [5.41, 5.74) is 31.0. The highest BCUT2D eigenvalue weighted by Crippen LogP contribution is 2.46. The number of nitrogens with zero attached hydrogens (tertiary/aromatic N) is 10. The van der Waals surface area contributed by atoms with Crippen LogP contribution in [-0.4, -0.2) is 47.5 Å². The molecule has 14 aromatic carbocycles. The summed E-state index contributed by atoms with van der Waals surface area (Å²) in [4.78, 5) is 85.6. The zero-order valence-electron chi connectivity index (χ0n) is 67.4. The van der Waals surface area contributed by atoms with Crippen molar-refractivity contribution >= 4 is 66.2 Å². The molecule has 0 radical (unpaired) electrons. The molecule has 0 atom stereocenters. The summed E-state index contributed by atoms with van der Waals surface area (Å²) >= 11 is 0. The first kappa shape index (κ1) is 73.8. The highest BCUT2D eigenvalue weighted by atomic mass is 16.1. The van der Waals surface area contributed by atoms with E-state index in [1.54, 1.807) is 17.6 Å². The molecule has 126 heavy (non-hydrogen) atoms. The van der Waals surface area contributed by atoms with Gasteiger partial charge in [0.1, 0.15) is 22.6 Å². The van der Waals surface area contributed by atoms with E-state index in [1.807, 2.05) is 207 Å². The zero-order valence-corrected chi connectivity index (χ0v) is 67.4. The van der Waals surface area contributed by atoms with Gasteiger partial charge in [-0.15, -0.1) is 0 Å². The average Bonchev–Trinajstić information content (AvgIpc) is 0.766. The van der Waals surface area contributed by atoms with Crippen LogP contribution in [0.5, 0.6) is 0 Å². The van der Waals surface area contributed by atoms with Gasteiger partial charge < -0.3 is 0 Å². The fourth-order valence-corrected chi connectivity index (χ4v) is 18.0. The second-order valence-corrected chi connectivity index (χ2v) is 31.6. The Kier molecular flexibility index (Phi) is 17.8. The molecule has 9 aromatic heterocycles. The molecule has 9 heterocycles. The smallest absolute Gasteiger partial charge is 0.265 e. The Morgan fingerprint density at radius 1 is 0.175 bits per heavy atom. The van der Waals surface area contributed by atoms with Crippen LogP contribution in [0.15, 0.2) is 432 Å². The molecule has 0 bridgehead atoms. The first-order chi connectivity index (χ1) is 62.1. The van der Waals surface area contributed by atoms with Gasteiger partial charge in [-0.05, 0) is 267 Å². The van der Waals surface area contributed by atoms with E-state index >= 15 is 0 Å². The van der Waals surface area contributed by atoms with Crippen molar-refractivity contribution in [1.82, 2.24) is 47.5 Å². The summed E-state index contributed by atoms with van der Waals surface area (Å²) in [6.45, 7) is 0. The predicted octanol–water partition coefficient (Wildman–Crippen LogP) is 24.5. The molecule has 0 saturated carbocycles. The fraction of sp³-hybridized carbons (Fsp3) is 0. The van der Waals surface area contributed by atoms with Gasteiger partial charge in [-0.1, -0.05) is 243 Å². The largest absolute Gasteiger partial charge is 0.268 e. The molecule has 0 unspecified atom stereocenters. The Labute approximate surface area is 719 Å². The van der Waals surface area contributed by atoms with Crippen molar-refractivity contribution in [3.05, 3.63) is 455 Å². The fourth-order valence-electron chi connectivity index (χ4n) is 18.0. The van der Waals surface area contributed by atoms with E-state index in [4.69, 9.17) is 29.9 Å². The third kappa shape index (κ3) is 13.0. The number of para-hydroxylation sites is 4. The lowest BCUT2D eigenvalue weighted by molar-refractivity contribution is 1.08. The number of fused-ring (bicyclic) bond motifs is 8. The maximum Gasteiger partial charge on any atom is 0.265 e. The number of benzene rings is 14. The van der Waals surface area contributed by atoms with Crippen molar-refractivity contribution in [2.75, 3.05) is 0 Å². The lowest BCUT2D eigenvalue weighted by Gasteiger charge is -2.18. The highest BCUT2D eigenvalue weighted by Gasteiger charge is 2.23. The van der Waals surface area contributed by atoms with Crippen LogP contribution in [0.3, 0.4) is 0 Å². The summed E-state index contributed by atoms with van der Waals surface area (Å²) in [5.74, 6) is 0. The number of hydrogen-bond acceptors (Lipinski definition) is 10. The Balaban J connectivity index is 0.575. The molecule has 14 heteroatoms. The molecule has 0 aliphatic carbocycles. The Hall–Kier alpha value is -17.4. The van der Waals surface area contributed by atoms with Gasteiger partial charge in [0.2, 0.25) is 0 Å². The van der Waals surface area contributed by atoms with Crippen molar-refractivity contribution in [2.45, 2.75) is 0 Å². The van der Waals surface area contributed by atoms with Crippen molar-refractivity contribution in [3.63, 3.8) is 0 Å². The molecule has 590 valence electrons. The number of aromatic nitrogens is 10. The van der Waals surface area contributed by atoms with Crippen LogP contribution < -0.4 is 22.2 Å². The monoisotopic (exact) mass is 1620 g/mol. The second kappa shape index (κ2) is 30.4. The molecule has 0 aliphatic rings. The van der Waals surface area contributed by atoms with E-state index in [9.17, 15) is 19.2 Å². The van der Waals surface area contributed by atoms with Gasteiger partial charge >= 0.3 is 0 Å². The average molecular weight is 1620 g/mol. The topological polar surface area (TPSA) is 163 Å². The van der Waals surface area contributed by atoms with Crippen molar-refractivity contribution in [3.8, 4) is 156 Å². The summed E-state index contributed by atoms with van der Waals surface area (Å²) in [5, 5.41) is 2.23. The van der Waals surface area contributed by atoms with Crippen LogP contribution in [-0.2, 0) is 0 Å². The van der Waals surface area contributed by atoms with Crippen LogP contribution in [0.25, 0.3) is 222 Å².